The summed E-state index contributed by atoms with van der Waals surface area (Å²) in [5.74, 6) is -0.913. The molecule has 0 aromatic heterocycles. The van der Waals surface area contributed by atoms with Crippen LogP contribution >= 0.6 is 12.2 Å². The highest BCUT2D eigenvalue weighted by atomic mass is 32.1. The third-order valence-electron chi connectivity index (χ3n) is 5.80. The third-order valence-corrected chi connectivity index (χ3v) is 6.02. The van der Waals surface area contributed by atoms with Crippen molar-refractivity contribution in [3.63, 3.8) is 0 Å². The Balaban J connectivity index is 2.25. The number of carbonyl (C=O) groups excluding carboxylic acids is 1. The SMILES string of the molecule is CCOC(=O)C1=C(c2cc(C(F)(F)F)cc(C(F)(F)F)c2)NC(=S)NC1c1ccc(N(CC)CC)cc1. The van der Waals surface area contributed by atoms with E-state index in [1.807, 2.05) is 26.0 Å². The number of benzene rings is 2. The van der Waals surface area contributed by atoms with Crippen LogP contribution in [0.15, 0.2) is 48.0 Å². The monoisotopic (exact) mass is 545 g/mol. The van der Waals surface area contributed by atoms with Crippen LogP contribution in [-0.2, 0) is 21.9 Å². The van der Waals surface area contributed by atoms with Crippen molar-refractivity contribution < 1.29 is 35.9 Å². The Morgan fingerprint density at radius 2 is 1.49 bits per heavy atom. The van der Waals surface area contributed by atoms with E-state index < -0.39 is 41.1 Å². The van der Waals surface area contributed by atoms with E-state index in [9.17, 15) is 31.1 Å². The number of carbonyl (C=O) groups is 1. The van der Waals surface area contributed by atoms with Crippen molar-refractivity contribution in [2.45, 2.75) is 39.2 Å². The van der Waals surface area contributed by atoms with Gasteiger partial charge in [0.25, 0.3) is 0 Å². The molecule has 0 saturated carbocycles. The van der Waals surface area contributed by atoms with Crippen LogP contribution in [-0.4, -0.2) is 30.8 Å². The summed E-state index contributed by atoms with van der Waals surface area (Å²) in [6, 6.07) is 7.17. The molecule has 0 saturated heterocycles. The molecule has 1 aliphatic rings. The van der Waals surface area contributed by atoms with Crippen molar-refractivity contribution in [3.8, 4) is 0 Å². The standard InChI is InChI=1S/C25H25F6N3O2S/c1-4-34(5-2)18-9-7-14(8-10-18)20-19(22(35)36-6-3)21(33-23(37)32-20)15-11-16(24(26,27)28)13-17(12-15)25(29,30)31/h7-13,20H,4-6H2,1-3H3,(H2,32,33,37). The van der Waals surface area contributed by atoms with E-state index in [1.165, 1.54) is 6.92 Å². The van der Waals surface area contributed by atoms with Crippen molar-refractivity contribution in [2.75, 3.05) is 24.6 Å². The number of anilines is 1. The molecule has 1 heterocycles. The number of hydrogen-bond acceptors (Lipinski definition) is 4. The van der Waals surface area contributed by atoms with Crippen molar-refractivity contribution in [1.82, 2.24) is 10.6 Å². The highest BCUT2D eigenvalue weighted by molar-refractivity contribution is 7.80. The molecule has 200 valence electrons. The van der Waals surface area contributed by atoms with Gasteiger partial charge in [-0.3, -0.25) is 0 Å². The number of nitrogens with one attached hydrogen (secondary N) is 2. The summed E-state index contributed by atoms with van der Waals surface area (Å²) in [7, 11) is 0. The lowest BCUT2D eigenvalue weighted by molar-refractivity contribution is -0.143. The number of halogens is 6. The smallest absolute Gasteiger partial charge is 0.416 e. The van der Waals surface area contributed by atoms with Gasteiger partial charge in [-0.2, -0.15) is 26.3 Å². The summed E-state index contributed by atoms with van der Waals surface area (Å²) in [6.07, 6.45) is -10.1. The van der Waals surface area contributed by atoms with Crippen LogP contribution in [0.4, 0.5) is 32.0 Å². The second-order valence-corrected chi connectivity index (χ2v) is 8.51. The van der Waals surface area contributed by atoms with E-state index in [2.05, 4.69) is 15.5 Å². The molecule has 1 aliphatic heterocycles. The van der Waals surface area contributed by atoms with Gasteiger partial charge in [0, 0.05) is 18.8 Å². The van der Waals surface area contributed by atoms with E-state index in [-0.39, 0.29) is 29.1 Å². The fourth-order valence-electron chi connectivity index (χ4n) is 4.04. The molecule has 2 N–H and O–H groups in total. The maximum Gasteiger partial charge on any atom is 0.416 e. The Hall–Kier alpha value is -3.28. The minimum atomic E-state index is -5.06. The number of hydrogen-bond donors (Lipinski definition) is 2. The average Bonchev–Trinajstić information content (AvgIpc) is 2.83. The van der Waals surface area contributed by atoms with Crippen LogP contribution in [0, 0.1) is 0 Å². The van der Waals surface area contributed by atoms with Crippen LogP contribution in [0.1, 0.15) is 49.1 Å². The normalized spacial score (nSPS) is 16.2. The topological polar surface area (TPSA) is 53.6 Å². The predicted octanol–water partition coefficient (Wildman–Crippen LogP) is 6.06. The van der Waals surface area contributed by atoms with E-state index in [1.54, 1.807) is 12.1 Å². The second-order valence-electron chi connectivity index (χ2n) is 8.10. The van der Waals surface area contributed by atoms with Gasteiger partial charge in [0.2, 0.25) is 0 Å². The lowest BCUT2D eigenvalue weighted by Gasteiger charge is -2.32. The van der Waals surface area contributed by atoms with Gasteiger partial charge < -0.3 is 20.3 Å². The number of esters is 1. The van der Waals surface area contributed by atoms with Crippen LogP contribution in [0.3, 0.4) is 0 Å². The molecule has 2 aromatic carbocycles. The summed E-state index contributed by atoms with van der Waals surface area (Å²) in [5, 5.41) is 5.40. The first-order chi connectivity index (χ1) is 17.3. The first-order valence-electron chi connectivity index (χ1n) is 11.4. The zero-order chi connectivity index (χ0) is 27.5. The van der Waals surface area contributed by atoms with E-state index >= 15 is 0 Å². The third kappa shape index (κ3) is 6.35. The molecule has 1 unspecified atom stereocenters. The van der Waals surface area contributed by atoms with Gasteiger partial charge >= 0.3 is 18.3 Å². The van der Waals surface area contributed by atoms with Crippen LogP contribution in [0.25, 0.3) is 5.70 Å². The quantitative estimate of drug-likeness (QED) is 0.251. The van der Waals surface area contributed by atoms with E-state index in [0.717, 1.165) is 18.8 Å². The summed E-state index contributed by atoms with van der Waals surface area (Å²) in [6.45, 7) is 6.95. The number of alkyl halides is 6. The molecule has 0 amide bonds. The van der Waals surface area contributed by atoms with E-state index in [0.29, 0.717) is 17.7 Å². The Labute approximate surface area is 215 Å². The van der Waals surface area contributed by atoms with Gasteiger partial charge in [0.15, 0.2) is 5.11 Å². The lowest BCUT2D eigenvalue weighted by atomic mass is 9.91. The molecule has 0 spiro atoms. The van der Waals surface area contributed by atoms with Gasteiger partial charge in [-0.1, -0.05) is 12.1 Å². The molecule has 37 heavy (non-hydrogen) atoms. The molecule has 0 radical (unpaired) electrons. The molecule has 0 fully saturated rings. The minimum Gasteiger partial charge on any atom is -0.463 e. The lowest BCUT2D eigenvalue weighted by Crippen LogP contribution is -2.45. The molecule has 12 heteroatoms. The minimum absolute atomic E-state index is 0.0247. The van der Waals surface area contributed by atoms with Crippen molar-refractivity contribution in [3.05, 3.63) is 70.3 Å². The van der Waals surface area contributed by atoms with Gasteiger partial charge in [-0.05, 0) is 74.4 Å². The Morgan fingerprint density at radius 1 is 0.946 bits per heavy atom. The van der Waals surface area contributed by atoms with Gasteiger partial charge in [0.05, 0.1) is 35.0 Å². The second kappa shape index (κ2) is 11.0. The summed E-state index contributed by atoms with van der Waals surface area (Å²) in [5.41, 5.74) is -2.60. The summed E-state index contributed by atoms with van der Waals surface area (Å²) in [4.78, 5) is 15.1. The zero-order valence-corrected chi connectivity index (χ0v) is 21.0. The highest BCUT2D eigenvalue weighted by Gasteiger charge is 2.39. The first kappa shape index (κ1) is 28.3. The largest absolute Gasteiger partial charge is 0.463 e. The Bertz CT molecular complexity index is 1160. The number of rotatable bonds is 7. The van der Waals surface area contributed by atoms with Crippen molar-refractivity contribution >= 4 is 34.7 Å². The van der Waals surface area contributed by atoms with Gasteiger partial charge in [-0.25, -0.2) is 4.79 Å². The zero-order valence-electron chi connectivity index (χ0n) is 20.2. The fraction of sp³-hybridized carbons (Fsp3) is 0.360. The van der Waals surface area contributed by atoms with Crippen molar-refractivity contribution in [1.29, 1.82) is 0 Å². The first-order valence-corrected chi connectivity index (χ1v) is 11.8. The average molecular weight is 546 g/mol. The van der Waals surface area contributed by atoms with Gasteiger partial charge in [-0.15, -0.1) is 0 Å². The summed E-state index contributed by atoms with van der Waals surface area (Å²) < 4.78 is 86.3. The molecule has 5 nitrogen and oxygen atoms in total. The highest BCUT2D eigenvalue weighted by Crippen LogP contribution is 2.40. The summed E-state index contributed by atoms with van der Waals surface area (Å²) >= 11 is 5.22. The predicted molar refractivity (Wildman–Crippen MR) is 132 cm³/mol. The molecule has 0 bridgehead atoms. The Kier molecular flexibility index (Phi) is 8.41. The maximum absolute atomic E-state index is 13.5. The van der Waals surface area contributed by atoms with Crippen LogP contribution in [0.5, 0.6) is 0 Å². The fourth-order valence-corrected chi connectivity index (χ4v) is 4.26. The molecule has 3 rings (SSSR count). The number of nitrogens with zero attached hydrogens (tertiary/aromatic N) is 1. The molecule has 1 atom stereocenters. The number of thiocarbonyl (C=S) groups is 1. The van der Waals surface area contributed by atoms with Gasteiger partial charge in [0.1, 0.15) is 0 Å². The molecule has 2 aromatic rings. The molecular weight excluding hydrogens is 520 g/mol. The van der Waals surface area contributed by atoms with Crippen LogP contribution in [0.2, 0.25) is 0 Å². The van der Waals surface area contributed by atoms with Crippen LogP contribution < -0.4 is 15.5 Å². The maximum atomic E-state index is 13.5. The molecule has 0 aliphatic carbocycles. The van der Waals surface area contributed by atoms with Crippen molar-refractivity contribution in [2.24, 2.45) is 0 Å². The molecular formula is C25H25F6N3O2S. The van der Waals surface area contributed by atoms with E-state index in [4.69, 9.17) is 17.0 Å². The Morgan fingerprint density at radius 3 is 1.95 bits per heavy atom. The number of ether oxygens (including phenoxy) is 1.